The molecule has 1 heterocycles. The predicted molar refractivity (Wildman–Crippen MR) is 102 cm³/mol. The first-order chi connectivity index (χ1) is 12.6. The summed E-state index contributed by atoms with van der Waals surface area (Å²) < 4.78 is 5.67. The molecule has 0 saturated carbocycles. The van der Waals surface area contributed by atoms with Crippen LogP contribution in [0.1, 0.15) is 15.9 Å². The van der Waals surface area contributed by atoms with Crippen molar-refractivity contribution >= 4 is 35.3 Å². The van der Waals surface area contributed by atoms with Crippen molar-refractivity contribution in [3.05, 3.63) is 88.0 Å². The maximum absolute atomic E-state index is 12.4. The number of rotatable bonds is 5. The number of aromatic nitrogens is 1. The smallest absolute Gasteiger partial charge is 0.276 e. The van der Waals surface area contributed by atoms with Gasteiger partial charge >= 0.3 is 0 Å². The van der Waals surface area contributed by atoms with Crippen molar-refractivity contribution in [2.75, 3.05) is 0 Å². The molecule has 0 bridgehead atoms. The first-order valence-corrected chi connectivity index (χ1v) is 8.35. The summed E-state index contributed by atoms with van der Waals surface area (Å²) in [4.78, 5) is 16.5. The molecule has 0 spiro atoms. The molecular weight excluding hydrogens is 373 g/mol. The Kier molecular flexibility index (Phi) is 5.84. The van der Waals surface area contributed by atoms with Crippen LogP contribution >= 0.6 is 23.2 Å². The van der Waals surface area contributed by atoms with E-state index in [0.29, 0.717) is 15.8 Å². The van der Waals surface area contributed by atoms with Gasteiger partial charge in [0.25, 0.3) is 5.91 Å². The largest absolute Gasteiger partial charge is 0.437 e. The van der Waals surface area contributed by atoms with E-state index in [4.69, 9.17) is 27.9 Å². The molecule has 0 aliphatic carbocycles. The number of para-hydroxylation sites is 1. The first-order valence-electron chi connectivity index (χ1n) is 7.60. The monoisotopic (exact) mass is 385 g/mol. The average molecular weight is 386 g/mol. The van der Waals surface area contributed by atoms with Crippen LogP contribution in [0.2, 0.25) is 10.0 Å². The molecule has 0 aliphatic rings. The lowest BCUT2D eigenvalue weighted by molar-refractivity contribution is 0.0952. The molecular formula is C19H13Cl2N3O2. The van der Waals surface area contributed by atoms with Gasteiger partial charge in [0.2, 0.25) is 5.88 Å². The molecule has 0 unspecified atom stereocenters. The van der Waals surface area contributed by atoms with E-state index < -0.39 is 5.91 Å². The maximum atomic E-state index is 12.4. The second-order valence-corrected chi connectivity index (χ2v) is 5.98. The van der Waals surface area contributed by atoms with Crippen molar-refractivity contribution in [3.8, 4) is 11.6 Å². The van der Waals surface area contributed by atoms with Crippen molar-refractivity contribution in [1.82, 2.24) is 10.4 Å². The van der Waals surface area contributed by atoms with E-state index in [1.54, 1.807) is 60.7 Å². The standard InChI is InChI=1S/C19H13Cl2N3O2/c20-14-9-7-13(8-10-14)12-23-24-18(25)15-4-3-11-22-19(15)26-17-6-2-1-5-16(17)21/h1-12H,(H,24,25)/b23-12+. The summed E-state index contributed by atoms with van der Waals surface area (Å²) in [5, 5.41) is 4.99. The van der Waals surface area contributed by atoms with Gasteiger partial charge < -0.3 is 4.74 Å². The number of carbonyl (C=O) groups excluding carboxylic acids is 1. The molecule has 7 heteroatoms. The van der Waals surface area contributed by atoms with E-state index in [1.807, 2.05) is 0 Å². The third kappa shape index (κ3) is 4.59. The Hall–Kier alpha value is -2.89. The zero-order valence-corrected chi connectivity index (χ0v) is 14.9. The van der Waals surface area contributed by atoms with Crippen LogP contribution in [-0.4, -0.2) is 17.1 Å². The lowest BCUT2D eigenvalue weighted by Gasteiger charge is -2.09. The molecule has 0 fully saturated rings. The van der Waals surface area contributed by atoms with Crippen molar-refractivity contribution in [2.24, 2.45) is 5.10 Å². The number of ether oxygens (including phenoxy) is 1. The fourth-order valence-electron chi connectivity index (χ4n) is 2.05. The molecule has 2 aromatic carbocycles. The normalized spacial score (nSPS) is 10.7. The minimum Gasteiger partial charge on any atom is -0.437 e. The Labute approximate surface area is 160 Å². The van der Waals surface area contributed by atoms with Crippen molar-refractivity contribution in [2.45, 2.75) is 0 Å². The molecule has 0 atom stereocenters. The topological polar surface area (TPSA) is 63.6 Å². The fraction of sp³-hybridized carbons (Fsp3) is 0. The predicted octanol–water partition coefficient (Wildman–Crippen LogP) is 4.94. The Bertz CT molecular complexity index is 944. The minimum absolute atomic E-state index is 0.139. The number of pyridine rings is 1. The Morgan fingerprint density at radius 1 is 1.04 bits per heavy atom. The van der Waals surface area contributed by atoms with Gasteiger partial charge in [-0.15, -0.1) is 0 Å². The van der Waals surface area contributed by atoms with Crippen molar-refractivity contribution < 1.29 is 9.53 Å². The molecule has 130 valence electrons. The van der Waals surface area contributed by atoms with E-state index in [9.17, 15) is 4.79 Å². The molecule has 1 N–H and O–H groups in total. The number of carbonyl (C=O) groups is 1. The second kappa shape index (κ2) is 8.47. The number of halogens is 2. The highest BCUT2D eigenvalue weighted by atomic mass is 35.5. The van der Waals surface area contributed by atoms with Gasteiger partial charge in [-0.2, -0.15) is 5.10 Å². The molecule has 1 amide bonds. The highest BCUT2D eigenvalue weighted by molar-refractivity contribution is 6.32. The Morgan fingerprint density at radius 3 is 2.58 bits per heavy atom. The number of nitrogens with one attached hydrogen (secondary N) is 1. The Balaban J connectivity index is 1.73. The van der Waals surface area contributed by atoms with Gasteiger partial charge in [-0.1, -0.05) is 47.5 Å². The molecule has 0 radical (unpaired) electrons. The number of nitrogens with zero attached hydrogens (tertiary/aromatic N) is 2. The number of benzene rings is 2. The van der Waals surface area contributed by atoms with Gasteiger partial charge in [0.05, 0.1) is 11.2 Å². The van der Waals surface area contributed by atoms with Crippen LogP contribution in [0.4, 0.5) is 0 Å². The van der Waals surface area contributed by atoms with E-state index in [1.165, 1.54) is 12.4 Å². The average Bonchev–Trinajstić information content (AvgIpc) is 2.65. The van der Waals surface area contributed by atoms with Gasteiger partial charge in [0.1, 0.15) is 11.3 Å². The van der Waals surface area contributed by atoms with Gasteiger partial charge in [-0.05, 0) is 42.0 Å². The van der Waals surface area contributed by atoms with Gasteiger partial charge in [-0.25, -0.2) is 10.4 Å². The summed E-state index contributed by atoms with van der Waals surface area (Å²) >= 11 is 11.9. The first kappa shape index (κ1) is 17.9. The quantitative estimate of drug-likeness (QED) is 0.499. The van der Waals surface area contributed by atoms with E-state index >= 15 is 0 Å². The van der Waals surface area contributed by atoms with E-state index in [2.05, 4.69) is 15.5 Å². The second-order valence-electron chi connectivity index (χ2n) is 5.14. The van der Waals surface area contributed by atoms with Gasteiger partial charge in [0, 0.05) is 11.2 Å². The van der Waals surface area contributed by atoms with Crippen LogP contribution in [0, 0.1) is 0 Å². The Morgan fingerprint density at radius 2 is 1.81 bits per heavy atom. The van der Waals surface area contributed by atoms with Crippen LogP contribution in [0.15, 0.2) is 72.0 Å². The summed E-state index contributed by atoms with van der Waals surface area (Å²) in [5.41, 5.74) is 3.48. The number of hydrazone groups is 1. The van der Waals surface area contributed by atoms with E-state index in [-0.39, 0.29) is 11.4 Å². The lowest BCUT2D eigenvalue weighted by Crippen LogP contribution is -2.18. The molecule has 5 nitrogen and oxygen atoms in total. The lowest BCUT2D eigenvalue weighted by atomic mass is 10.2. The zero-order chi connectivity index (χ0) is 18.4. The summed E-state index contributed by atoms with van der Waals surface area (Å²) in [5.74, 6) is 0.0942. The molecule has 1 aromatic heterocycles. The zero-order valence-electron chi connectivity index (χ0n) is 13.4. The number of amides is 1. The highest BCUT2D eigenvalue weighted by Gasteiger charge is 2.14. The van der Waals surface area contributed by atoms with Crippen LogP contribution < -0.4 is 10.2 Å². The third-order valence-electron chi connectivity index (χ3n) is 3.31. The molecule has 26 heavy (non-hydrogen) atoms. The molecule has 0 aliphatic heterocycles. The molecule has 0 saturated heterocycles. The number of hydrogen-bond acceptors (Lipinski definition) is 4. The summed E-state index contributed by atoms with van der Waals surface area (Å²) in [6.45, 7) is 0. The molecule has 3 rings (SSSR count). The minimum atomic E-state index is -0.453. The van der Waals surface area contributed by atoms with Crippen LogP contribution in [0.5, 0.6) is 11.6 Å². The van der Waals surface area contributed by atoms with Crippen LogP contribution in [0.3, 0.4) is 0 Å². The van der Waals surface area contributed by atoms with Gasteiger partial charge in [0.15, 0.2) is 0 Å². The fourth-order valence-corrected chi connectivity index (χ4v) is 2.35. The van der Waals surface area contributed by atoms with E-state index in [0.717, 1.165) is 5.56 Å². The molecule has 3 aromatic rings. The van der Waals surface area contributed by atoms with Crippen LogP contribution in [0.25, 0.3) is 0 Å². The maximum Gasteiger partial charge on any atom is 0.276 e. The summed E-state index contributed by atoms with van der Waals surface area (Å²) in [6.07, 6.45) is 3.04. The summed E-state index contributed by atoms with van der Waals surface area (Å²) in [6, 6.07) is 17.2. The van der Waals surface area contributed by atoms with Crippen molar-refractivity contribution in [3.63, 3.8) is 0 Å². The van der Waals surface area contributed by atoms with Gasteiger partial charge in [-0.3, -0.25) is 4.79 Å². The SMILES string of the molecule is O=C(N/N=C/c1ccc(Cl)cc1)c1cccnc1Oc1ccccc1Cl. The highest BCUT2D eigenvalue weighted by Crippen LogP contribution is 2.29. The summed E-state index contributed by atoms with van der Waals surface area (Å²) in [7, 11) is 0. The van der Waals surface area contributed by atoms with Crippen LogP contribution in [-0.2, 0) is 0 Å². The van der Waals surface area contributed by atoms with Crippen molar-refractivity contribution in [1.29, 1.82) is 0 Å². The third-order valence-corrected chi connectivity index (χ3v) is 3.87. The number of hydrogen-bond donors (Lipinski definition) is 1.